The lowest BCUT2D eigenvalue weighted by Gasteiger charge is -2.15. The van der Waals surface area contributed by atoms with E-state index in [4.69, 9.17) is 15.0 Å². The number of aromatic nitrogens is 4. The highest BCUT2D eigenvalue weighted by molar-refractivity contribution is 6.19. The lowest BCUT2D eigenvalue weighted by Crippen LogP contribution is -2.02. The van der Waals surface area contributed by atoms with Gasteiger partial charge >= 0.3 is 0 Å². The van der Waals surface area contributed by atoms with E-state index < -0.39 is 0 Å². The minimum Gasteiger partial charge on any atom is -0.309 e. The second-order valence-corrected chi connectivity index (χ2v) is 15.6. The van der Waals surface area contributed by atoms with E-state index in [1.165, 1.54) is 49.0 Å². The van der Waals surface area contributed by atoms with Crippen LogP contribution in [0.4, 0.5) is 0 Å². The van der Waals surface area contributed by atoms with Crippen LogP contribution in [0.5, 0.6) is 0 Å². The molecule has 4 heteroatoms. The Morgan fingerprint density at radius 3 is 1.52 bits per heavy atom. The first-order valence-corrected chi connectivity index (χ1v) is 20.7. The average Bonchev–Trinajstić information content (AvgIpc) is 3.66. The second-order valence-electron chi connectivity index (χ2n) is 15.6. The summed E-state index contributed by atoms with van der Waals surface area (Å²) < 4.78 is 2.45. The van der Waals surface area contributed by atoms with Gasteiger partial charge < -0.3 is 4.57 Å². The Labute approximate surface area is 352 Å². The quantitative estimate of drug-likeness (QED) is 0.169. The fourth-order valence-corrected chi connectivity index (χ4v) is 9.01. The molecule has 12 aromatic rings. The minimum absolute atomic E-state index is 0.616. The normalized spacial score (nSPS) is 11.6. The van der Waals surface area contributed by atoms with Gasteiger partial charge in [-0.1, -0.05) is 182 Å². The van der Waals surface area contributed by atoms with E-state index >= 15 is 0 Å². The van der Waals surface area contributed by atoms with E-state index in [1.54, 1.807) is 0 Å². The topological polar surface area (TPSA) is 43.6 Å². The Morgan fingerprint density at radius 1 is 0.279 bits per heavy atom. The van der Waals surface area contributed by atoms with E-state index in [1.807, 2.05) is 18.2 Å². The largest absolute Gasteiger partial charge is 0.309 e. The molecule has 0 spiro atoms. The third kappa shape index (κ3) is 6.04. The molecule has 0 unspecified atom stereocenters. The van der Waals surface area contributed by atoms with Gasteiger partial charge in [-0.3, -0.25) is 0 Å². The highest BCUT2D eigenvalue weighted by atomic mass is 15.0. The lowest BCUT2D eigenvalue weighted by molar-refractivity contribution is 1.07. The van der Waals surface area contributed by atoms with Crippen LogP contribution < -0.4 is 0 Å². The summed E-state index contributed by atoms with van der Waals surface area (Å²) >= 11 is 0. The summed E-state index contributed by atoms with van der Waals surface area (Å²) in [5.41, 5.74) is 10.8. The molecular formula is C57H36N4. The van der Waals surface area contributed by atoms with Crippen LogP contribution in [-0.4, -0.2) is 19.5 Å². The Bertz CT molecular complexity index is 3630. The van der Waals surface area contributed by atoms with Crippen LogP contribution in [0.3, 0.4) is 0 Å². The van der Waals surface area contributed by atoms with Crippen LogP contribution in [-0.2, 0) is 0 Å². The number of benzene rings is 10. The molecule has 4 nitrogen and oxygen atoms in total. The number of rotatable bonds is 6. The van der Waals surface area contributed by atoms with Crippen LogP contribution >= 0.6 is 0 Å². The first-order valence-electron chi connectivity index (χ1n) is 20.7. The van der Waals surface area contributed by atoms with Crippen molar-refractivity contribution in [3.8, 4) is 62.1 Å². The van der Waals surface area contributed by atoms with Gasteiger partial charge in [0.25, 0.3) is 0 Å². The SMILES string of the molecule is c1ccc(-c2nc(-c3ccc(-c4ccc5ccccc5c4)cc3)nc(-c3cc(-n4c5cc6ccccc6cc5c5c(-c6ccccc6)cccc54)c4ccccc4c3)n2)cc1. The molecule has 0 N–H and O–H groups in total. The molecule has 0 fully saturated rings. The number of hydrogen-bond acceptors (Lipinski definition) is 3. The number of hydrogen-bond donors (Lipinski definition) is 0. The highest BCUT2D eigenvalue weighted by Crippen LogP contribution is 2.42. The maximum Gasteiger partial charge on any atom is 0.164 e. The number of nitrogens with zero attached hydrogens (tertiary/aromatic N) is 4. The molecule has 10 aromatic carbocycles. The van der Waals surface area contributed by atoms with Crippen molar-refractivity contribution in [2.24, 2.45) is 0 Å². The molecule has 61 heavy (non-hydrogen) atoms. The maximum absolute atomic E-state index is 5.26. The Hall–Kier alpha value is -8.21. The van der Waals surface area contributed by atoms with Crippen molar-refractivity contribution in [1.82, 2.24) is 19.5 Å². The predicted octanol–water partition coefficient (Wildman–Crippen LogP) is 14.8. The molecule has 0 atom stereocenters. The van der Waals surface area contributed by atoms with Gasteiger partial charge in [0.2, 0.25) is 0 Å². The van der Waals surface area contributed by atoms with Gasteiger partial charge in [0.15, 0.2) is 17.5 Å². The summed E-state index contributed by atoms with van der Waals surface area (Å²) in [4.78, 5) is 15.6. The summed E-state index contributed by atoms with van der Waals surface area (Å²) in [5, 5.41) is 9.55. The van der Waals surface area contributed by atoms with Crippen molar-refractivity contribution in [1.29, 1.82) is 0 Å². The van der Waals surface area contributed by atoms with Gasteiger partial charge in [-0.05, 0) is 85.6 Å². The third-order valence-corrected chi connectivity index (χ3v) is 12.0. The highest BCUT2D eigenvalue weighted by Gasteiger charge is 2.21. The van der Waals surface area contributed by atoms with Crippen molar-refractivity contribution in [2.45, 2.75) is 0 Å². The average molecular weight is 777 g/mol. The van der Waals surface area contributed by atoms with Crippen LogP contribution in [0.15, 0.2) is 218 Å². The van der Waals surface area contributed by atoms with E-state index in [9.17, 15) is 0 Å². The molecule has 0 bridgehead atoms. The molecule has 2 aromatic heterocycles. The standard InChI is InChI=1S/C57H36N4/c1-3-15-39(16-4-1)49-24-13-25-51-54(49)50-34-43-20-9-10-21-44(43)35-53(50)61(51)52-36-47(33-46-22-11-12-23-48(46)52)57-59-55(40-17-5-2-6-18-40)58-56(60-57)41-29-26-38(27-30-41)45-31-28-37-14-7-8-19-42(37)32-45/h1-36H. The Morgan fingerprint density at radius 2 is 0.803 bits per heavy atom. The van der Waals surface area contributed by atoms with Crippen molar-refractivity contribution in [3.63, 3.8) is 0 Å². The summed E-state index contributed by atoms with van der Waals surface area (Å²) in [6.07, 6.45) is 0. The maximum atomic E-state index is 5.26. The fourth-order valence-electron chi connectivity index (χ4n) is 9.01. The van der Waals surface area contributed by atoms with Gasteiger partial charge in [0.05, 0.1) is 16.7 Å². The zero-order chi connectivity index (χ0) is 40.3. The molecule has 0 amide bonds. The summed E-state index contributed by atoms with van der Waals surface area (Å²) in [5.74, 6) is 1.87. The molecule has 284 valence electrons. The summed E-state index contributed by atoms with van der Waals surface area (Å²) in [6.45, 7) is 0. The van der Waals surface area contributed by atoms with E-state index in [0.29, 0.717) is 17.5 Å². The van der Waals surface area contributed by atoms with Crippen LogP contribution in [0, 0.1) is 0 Å². The molecule has 0 aliphatic rings. The second kappa shape index (κ2) is 14.3. The zero-order valence-electron chi connectivity index (χ0n) is 33.1. The van der Waals surface area contributed by atoms with Crippen LogP contribution in [0.2, 0.25) is 0 Å². The molecule has 0 radical (unpaired) electrons. The Kier molecular flexibility index (Phi) is 8.13. The van der Waals surface area contributed by atoms with E-state index in [-0.39, 0.29) is 0 Å². The van der Waals surface area contributed by atoms with Gasteiger partial charge in [-0.25, -0.2) is 15.0 Å². The van der Waals surface area contributed by atoms with Gasteiger partial charge in [-0.2, -0.15) is 0 Å². The summed E-state index contributed by atoms with van der Waals surface area (Å²) in [7, 11) is 0. The van der Waals surface area contributed by atoms with Crippen molar-refractivity contribution in [2.75, 3.05) is 0 Å². The first-order chi connectivity index (χ1) is 30.2. The molecule has 0 saturated heterocycles. The lowest BCUT2D eigenvalue weighted by atomic mass is 9.98. The van der Waals surface area contributed by atoms with Gasteiger partial charge in [-0.15, -0.1) is 0 Å². The van der Waals surface area contributed by atoms with Crippen molar-refractivity contribution in [3.05, 3.63) is 218 Å². The molecule has 0 aliphatic carbocycles. The molecule has 12 rings (SSSR count). The van der Waals surface area contributed by atoms with E-state index in [2.05, 4.69) is 205 Å². The smallest absolute Gasteiger partial charge is 0.164 e. The monoisotopic (exact) mass is 776 g/mol. The third-order valence-electron chi connectivity index (χ3n) is 12.0. The Balaban J connectivity index is 1.08. The molecular weight excluding hydrogens is 741 g/mol. The first kappa shape index (κ1) is 34.8. The molecule has 2 heterocycles. The predicted molar refractivity (Wildman–Crippen MR) is 254 cm³/mol. The number of fused-ring (bicyclic) bond motifs is 6. The fraction of sp³-hybridized carbons (Fsp3) is 0. The van der Waals surface area contributed by atoms with Gasteiger partial charge in [0, 0.05) is 32.8 Å². The summed E-state index contributed by atoms with van der Waals surface area (Å²) in [6, 6.07) is 77.7. The van der Waals surface area contributed by atoms with Crippen LogP contribution in [0.1, 0.15) is 0 Å². The van der Waals surface area contributed by atoms with E-state index in [0.717, 1.165) is 49.7 Å². The molecule has 0 saturated carbocycles. The van der Waals surface area contributed by atoms with Crippen molar-refractivity contribution < 1.29 is 0 Å². The minimum atomic E-state index is 0.616. The van der Waals surface area contributed by atoms with Gasteiger partial charge in [0.1, 0.15) is 0 Å². The molecule has 0 aliphatic heterocycles. The van der Waals surface area contributed by atoms with Crippen LogP contribution in [0.25, 0.3) is 116 Å². The van der Waals surface area contributed by atoms with Crippen molar-refractivity contribution >= 4 is 54.1 Å². The zero-order valence-corrected chi connectivity index (χ0v) is 33.1.